The Hall–Kier alpha value is 73.3. The quantitative estimate of drug-likeness (QED) is 0.419. The first kappa shape index (κ1) is 474. The minimum atomic E-state index is 0. The Morgan fingerprint density at radius 2 is 0.244 bits per heavy atom. The molecule has 68 radical (unpaired) electrons. The van der Waals surface area contributed by atoms with Crippen molar-refractivity contribution in [1.82, 2.24) is 0 Å². The van der Waals surface area contributed by atoms with Crippen molar-refractivity contribution in [1.29, 1.82) is 0 Å². The van der Waals surface area contributed by atoms with Gasteiger partial charge in [-0.1, -0.05) is 11.4 Å². The van der Waals surface area contributed by atoms with E-state index in [-0.39, 0.29) is 2220 Å². The molecule has 0 fully saturated rings. The minimum Gasteiger partial charge on any atom is -0.391 e. The fraction of sp³-hybridized carbons (Fsp3) is 0.0769. The zero-order valence-corrected chi connectivity index (χ0v) is 240. The maximum atomic E-state index is 3.17. The molecule has 0 bridgehead atoms. The molecule has 0 heterocycles. The Morgan fingerprint density at radius 1 is 0.159 bits per heavy atom. The first-order valence-electron chi connectivity index (χ1n) is 4.55. The van der Waals surface area contributed by atoms with Crippen LogP contribution in [0.15, 0.2) is 48.5 Å². The van der Waals surface area contributed by atoms with Gasteiger partial charge in [-0.05, 0) is 0 Å². The number of nitrogens with zero attached hydrogens (tertiary/aromatic N) is 1. The molecular weight excluding hydrogens is 6220 g/mol. The minimum absolute atomic E-state index is 0. The van der Waals surface area contributed by atoms with Crippen LogP contribution in [0.5, 0.6) is 0 Å². The van der Waals surface area contributed by atoms with E-state index >= 15 is 0 Å². The third kappa shape index (κ3) is 376. The summed E-state index contributed by atoms with van der Waals surface area (Å²) in [4.78, 5) is 2.06. The molecule has 0 aromatic heterocycles. The molecule has 69 heteroatoms. The normalized spacial score (nSPS) is 1.67. The van der Waals surface area contributed by atoms with Crippen LogP contribution in [0.1, 0.15) is 0 Å². The Labute approximate surface area is 2220 Å². The first-order valence-corrected chi connectivity index (χ1v) is 4.55. The van der Waals surface area contributed by atoms with Crippen LogP contribution in [0.3, 0.4) is 0 Å². The maximum absolute atomic E-state index is 3.17. The van der Waals surface area contributed by atoms with Gasteiger partial charge in [0.2, 0.25) is 0 Å². The van der Waals surface area contributed by atoms with E-state index in [0.717, 1.165) is 11.4 Å². The van der Waals surface area contributed by atoms with Crippen LogP contribution in [0.2, 0.25) is 0 Å². The summed E-state index contributed by atoms with van der Waals surface area (Å²) in [7, 11) is 2.01. The number of hydrogen-bond donors (Lipinski definition) is 0. The van der Waals surface area contributed by atoms with Crippen LogP contribution < -0.4 is 4.90 Å². The molecule has 0 aliphatic heterocycles. The second kappa shape index (κ2) is 426. The standard InChI is InChI=1S/C13H11N.68Y/c1-14(12-8-4-2-5-9-12)13-10-6-3-7-11-13;;;;;;;;;;;;;;;;;;;;;;;;;;;;;;;;;;;;;;;;;;;;;;;;;;;;;;;;;;;;;;;;;;;;/h2-8,10H,1H3;;;;;;;;;;;;;;;;;;;;;;;;;;;;;;;;;;;;;;;;;;;;;;;;;;;;;;;;;;;;;;;;;;;;/q-2;;;;;;;;;;;;;;;;;;;;;;;;;;;;;;;;;;;;;;;;;;;;;;;;;;;;;;;;;;;;;;;;;;;;. The SMILES string of the molecule is CN(c1[c-]cccc1)c1[c-]cccc1.[Y].[Y].[Y].[Y].[Y].[Y].[Y].[Y].[Y].[Y].[Y].[Y].[Y].[Y].[Y].[Y].[Y].[Y].[Y].[Y].[Y].[Y].[Y].[Y].[Y].[Y].[Y].[Y].[Y].[Y].[Y].[Y].[Y].[Y].[Y].[Y].[Y].[Y].[Y].[Y].[Y].[Y].[Y].[Y].[Y].[Y].[Y].[Y].[Y].[Y].[Y].[Y].[Y].[Y].[Y].[Y].[Y].[Y].[Y].[Y].[Y].[Y].[Y].[Y].[Y].[Y].[Y].[Y]. The van der Waals surface area contributed by atoms with Gasteiger partial charge in [0.1, 0.15) is 0 Å². The van der Waals surface area contributed by atoms with Crippen molar-refractivity contribution >= 4 is 11.4 Å². The van der Waals surface area contributed by atoms with Gasteiger partial charge in [0.05, 0.1) is 0 Å². The van der Waals surface area contributed by atoms with E-state index in [1.807, 2.05) is 55.6 Å². The van der Waals surface area contributed by atoms with Gasteiger partial charge in [0.15, 0.2) is 0 Å². The number of rotatable bonds is 2. The molecule has 0 unspecified atom stereocenters. The fourth-order valence-electron chi connectivity index (χ4n) is 1.31. The van der Waals surface area contributed by atoms with Crippen molar-refractivity contribution in [2.45, 2.75) is 0 Å². The summed E-state index contributed by atoms with van der Waals surface area (Å²) < 4.78 is 0. The molecule has 0 saturated carbocycles. The zero-order valence-electron chi connectivity index (χ0n) is 47.3. The van der Waals surface area contributed by atoms with Crippen LogP contribution in [-0.2, 0) is 2220 Å². The molecule has 2 rings (SSSR count). The van der Waals surface area contributed by atoms with Crippen molar-refractivity contribution in [2.24, 2.45) is 0 Å². The average Bonchev–Trinajstić information content (AvgIpc) is 2.30. The maximum Gasteiger partial charge on any atom is 0.00724 e. The summed E-state index contributed by atoms with van der Waals surface area (Å²) in [6.07, 6.45) is 0. The van der Waals surface area contributed by atoms with Gasteiger partial charge in [0, 0.05) is 2230 Å². The molecule has 0 aliphatic rings. The second-order valence-electron chi connectivity index (χ2n) is 3.05. The van der Waals surface area contributed by atoms with Gasteiger partial charge in [0.25, 0.3) is 0 Å². The molecule has 0 aliphatic carbocycles. The first-order chi connectivity index (χ1) is 6.88. The Kier molecular flexibility index (Phi) is 2460. The largest absolute Gasteiger partial charge is 0.391 e. The van der Waals surface area contributed by atoms with E-state index in [4.69, 9.17) is 0 Å². The fourth-order valence-corrected chi connectivity index (χ4v) is 1.31. The summed E-state index contributed by atoms with van der Waals surface area (Å²) in [5, 5.41) is 0. The average molecular weight is 6230 g/mol. The molecule has 0 amide bonds. The molecule has 0 saturated heterocycles. The smallest absolute Gasteiger partial charge is 0.00724 e. The van der Waals surface area contributed by atoms with Crippen LogP contribution in [0.4, 0.5) is 11.4 Å². The summed E-state index contributed by atoms with van der Waals surface area (Å²) in [6.45, 7) is 0. The number of benzene rings is 2. The van der Waals surface area contributed by atoms with Gasteiger partial charge >= 0.3 is 0 Å². The Bertz CT molecular complexity index is 395. The molecular formula is C13H11NY68-2. The van der Waals surface area contributed by atoms with Crippen molar-refractivity contribution < 1.29 is 2220 Å². The molecule has 0 N–H and O–H groups in total. The summed E-state index contributed by atoms with van der Waals surface area (Å²) >= 11 is 0. The van der Waals surface area contributed by atoms with Crippen LogP contribution in [0, 0.1) is 12.1 Å². The molecule has 0 atom stereocenters. The molecule has 2 aromatic carbocycles. The third-order valence-corrected chi connectivity index (χ3v) is 2.11. The van der Waals surface area contributed by atoms with Gasteiger partial charge in [-0.25, -0.2) is 0 Å². The van der Waals surface area contributed by atoms with Gasteiger partial charge in [-0.2, -0.15) is 48.5 Å². The van der Waals surface area contributed by atoms with Crippen LogP contribution in [0.25, 0.3) is 0 Å². The Balaban J connectivity index is -0.000000000509. The van der Waals surface area contributed by atoms with E-state index in [0.29, 0.717) is 0 Å². The van der Waals surface area contributed by atoms with Gasteiger partial charge in [-0.15, -0.1) is 12.1 Å². The van der Waals surface area contributed by atoms with Gasteiger partial charge < -0.3 is 4.90 Å². The Morgan fingerprint density at radius 3 is 0.305 bits per heavy atom. The van der Waals surface area contributed by atoms with E-state index < -0.39 is 0 Å². The predicted octanol–water partition coefficient (Wildman–Crippen LogP) is 2.88. The van der Waals surface area contributed by atoms with E-state index in [9.17, 15) is 0 Å². The number of para-hydroxylation sites is 2. The van der Waals surface area contributed by atoms with E-state index in [1.165, 1.54) is 0 Å². The zero-order chi connectivity index (χ0) is 9.80. The molecule has 0 spiro atoms. The van der Waals surface area contributed by atoms with Crippen molar-refractivity contribution in [3.63, 3.8) is 0 Å². The summed E-state index contributed by atoms with van der Waals surface area (Å²) in [5.41, 5.74) is 2.10. The molecule has 274 valence electrons. The number of anilines is 2. The summed E-state index contributed by atoms with van der Waals surface area (Å²) in [5.74, 6) is 0. The summed E-state index contributed by atoms with van der Waals surface area (Å²) in [6, 6.07) is 22.2. The van der Waals surface area contributed by atoms with Crippen molar-refractivity contribution in [3.05, 3.63) is 60.7 Å². The third-order valence-electron chi connectivity index (χ3n) is 2.11. The van der Waals surface area contributed by atoms with Crippen LogP contribution >= 0.6 is 0 Å². The van der Waals surface area contributed by atoms with Crippen LogP contribution in [-0.4, -0.2) is 7.05 Å². The van der Waals surface area contributed by atoms with E-state index in [1.54, 1.807) is 0 Å². The number of hydrogen-bond acceptors (Lipinski definition) is 1. The topological polar surface area (TPSA) is 3.24 Å². The van der Waals surface area contributed by atoms with Crippen molar-refractivity contribution in [3.8, 4) is 0 Å². The second-order valence-corrected chi connectivity index (χ2v) is 3.05. The molecule has 1 nitrogen and oxygen atoms in total. The van der Waals surface area contributed by atoms with Gasteiger partial charge in [-0.3, -0.25) is 0 Å². The monoisotopic (exact) mass is 6230 g/mol. The molecule has 82 heavy (non-hydrogen) atoms. The molecule has 2 aromatic rings. The predicted molar refractivity (Wildman–Crippen MR) is 58.6 cm³/mol. The van der Waals surface area contributed by atoms with E-state index in [2.05, 4.69) is 17.0 Å². The van der Waals surface area contributed by atoms with Crippen molar-refractivity contribution in [2.75, 3.05) is 11.9 Å².